The molecule has 2 atom stereocenters. The topological polar surface area (TPSA) is 67.9 Å². The number of nitrogens with zero attached hydrogens (tertiary/aromatic N) is 2. The summed E-state index contributed by atoms with van der Waals surface area (Å²) >= 11 is 0. The number of amidine groups is 1. The summed E-state index contributed by atoms with van der Waals surface area (Å²) in [5.74, 6) is 0.811. The third kappa shape index (κ3) is 5.52. The van der Waals surface area contributed by atoms with Crippen molar-refractivity contribution in [3.63, 3.8) is 0 Å². The molecule has 5 heteroatoms. The molecule has 5 nitrogen and oxygen atoms in total. The van der Waals surface area contributed by atoms with E-state index in [2.05, 4.69) is 127 Å². The van der Waals surface area contributed by atoms with Crippen LogP contribution in [-0.2, 0) is 0 Å². The van der Waals surface area contributed by atoms with E-state index >= 15 is 0 Å². The molecule has 0 aliphatic carbocycles. The second-order valence-corrected chi connectivity index (χ2v) is 13.4. The average molecular weight is 676 g/mol. The summed E-state index contributed by atoms with van der Waals surface area (Å²) in [6, 6.07) is 56.3. The predicted molar refractivity (Wildman–Crippen MR) is 214 cm³/mol. The molecule has 252 valence electrons. The third-order valence-corrected chi connectivity index (χ3v) is 10.2. The molecule has 9 rings (SSSR count). The van der Waals surface area contributed by atoms with Gasteiger partial charge in [-0.3, -0.25) is 4.99 Å². The van der Waals surface area contributed by atoms with Gasteiger partial charge < -0.3 is 19.5 Å². The lowest BCUT2D eigenvalue weighted by Crippen LogP contribution is -2.37. The fraction of sp³-hybridized carbons (Fsp3) is 0.0851. The van der Waals surface area contributed by atoms with E-state index in [1.807, 2.05) is 55.6 Å². The highest BCUT2D eigenvalue weighted by Crippen LogP contribution is 2.40. The summed E-state index contributed by atoms with van der Waals surface area (Å²) in [6.45, 7) is 2.13. The Bertz CT molecular complexity index is 2730. The molecule has 2 N–H and O–H groups in total. The molecular formula is C47H37N3O2. The van der Waals surface area contributed by atoms with Crippen LogP contribution in [0.5, 0.6) is 0 Å². The lowest BCUT2D eigenvalue weighted by Gasteiger charge is -2.30. The van der Waals surface area contributed by atoms with Crippen LogP contribution >= 0.6 is 0 Å². The molecule has 2 unspecified atom stereocenters. The Morgan fingerprint density at radius 3 is 2.02 bits per heavy atom. The van der Waals surface area contributed by atoms with Gasteiger partial charge in [0, 0.05) is 45.3 Å². The van der Waals surface area contributed by atoms with E-state index in [1.54, 1.807) is 0 Å². The molecule has 2 aromatic heterocycles. The van der Waals surface area contributed by atoms with Crippen molar-refractivity contribution in [2.75, 3.05) is 7.05 Å². The van der Waals surface area contributed by atoms with Crippen molar-refractivity contribution in [1.82, 2.24) is 4.90 Å². The Morgan fingerprint density at radius 2 is 1.21 bits per heavy atom. The Hall–Kier alpha value is -6.43. The molecule has 0 amide bonds. The number of hydrogen-bond donors (Lipinski definition) is 1. The first-order chi connectivity index (χ1) is 25.5. The highest BCUT2D eigenvalue weighted by Gasteiger charge is 2.24. The lowest BCUT2D eigenvalue weighted by molar-refractivity contribution is 0.385. The van der Waals surface area contributed by atoms with Gasteiger partial charge in [0.05, 0.1) is 6.04 Å². The molecule has 0 aliphatic heterocycles. The van der Waals surface area contributed by atoms with Crippen LogP contribution < -0.4 is 5.73 Å². The van der Waals surface area contributed by atoms with Crippen LogP contribution in [0.3, 0.4) is 0 Å². The summed E-state index contributed by atoms with van der Waals surface area (Å²) in [7, 11) is 2.03. The SMILES string of the molecule is CC(/N=C(/c1ccc(-c2ccccc2)cc1)N(C)C(N)c1cccc2oc3ccc(-c4cccc5c4oc4ccccc45)cc3c12)c1ccccc1. The fourth-order valence-corrected chi connectivity index (χ4v) is 7.38. The molecular weight excluding hydrogens is 639 g/mol. The molecule has 52 heavy (non-hydrogen) atoms. The van der Waals surface area contributed by atoms with Gasteiger partial charge in [-0.25, -0.2) is 0 Å². The van der Waals surface area contributed by atoms with E-state index in [4.69, 9.17) is 19.6 Å². The number of benzene rings is 7. The number of furan rings is 2. The number of para-hydroxylation sites is 2. The smallest absolute Gasteiger partial charge is 0.143 e. The quantitative estimate of drug-likeness (QED) is 0.104. The van der Waals surface area contributed by atoms with Gasteiger partial charge in [0.25, 0.3) is 0 Å². The van der Waals surface area contributed by atoms with Gasteiger partial charge in [-0.1, -0.05) is 140 Å². The molecule has 0 aliphatic rings. The summed E-state index contributed by atoms with van der Waals surface area (Å²) in [5.41, 5.74) is 18.1. The molecule has 7 aromatic carbocycles. The highest BCUT2D eigenvalue weighted by molar-refractivity contribution is 6.12. The van der Waals surface area contributed by atoms with E-state index in [0.717, 1.165) is 83.1 Å². The van der Waals surface area contributed by atoms with Crippen molar-refractivity contribution in [2.45, 2.75) is 19.1 Å². The maximum atomic E-state index is 7.28. The average Bonchev–Trinajstić information content (AvgIpc) is 3.78. The Labute approximate surface area is 302 Å². The Balaban J connectivity index is 1.14. The normalized spacial score (nSPS) is 13.2. The predicted octanol–water partition coefficient (Wildman–Crippen LogP) is 11.9. The lowest BCUT2D eigenvalue weighted by atomic mass is 9.98. The second kappa shape index (κ2) is 13.0. The first-order valence-electron chi connectivity index (χ1n) is 17.7. The number of aliphatic imine (C=N–C) groups is 1. The fourth-order valence-electron chi connectivity index (χ4n) is 7.38. The molecule has 0 spiro atoms. The van der Waals surface area contributed by atoms with Gasteiger partial charge in [0.1, 0.15) is 34.3 Å². The van der Waals surface area contributed by atoms with Gasteiger partial charge in [0.15, 0.2) is 0 Å². The largest absolute Gasteiger partial charge is 0.456 e. The van der Waals surface area contributed by atoms with Gasteiger partial charge in [0.2, 0.25) is 0 Å². The number of hydrogen-bond acceptors (Lipinski definition) is 4. The van der Waals surface area contributed by atoms with E-state index in [9.17, 15) is 0 Å². The van der Waals surface area contributed by atoms with Crippen molar-refractivity contribution in [2.24, 2.45) is 10.7 Å². The second-order valence-electron chi connectivity index (χ2n) is 13.4. The molecule has 9 aromatic rings. The van der Waals surface area contributed by atoms with Crippen LogP contribution in [0.2, 0.25) is 0 Å². The Kier molecular flexibility index (Phi) is 7.91. The van der Waals surface area contributed by atoms with Crippen molar-refractivity contribution in [3.05, 3.63) is 180 Å². The highest BCUT2D eigenvalue weighted by atomic mass is 16.3. The van der Waals surface area contributed by atoms with Crippen molar-refractivity contribution >= 4 is 49.7 Å². The third-order valence-electron chi connectivity index (χ3n) is 10.2. The number of nitrogens with two attached hydrogens (primary N) is 1. The minimum Gasteiger partial charge on any atom is -0.456 e. The molecule has 0 bridgehead atoms. The van der Waals surface area contributed by atoms with Crippen molar-refractivity contribution in [1.29, 1.82) is 0 Å². The van der Waals surface area contributed by atoms with E-state index < -0.39 is 6.17 Å². The number of fused-ring (bicyclic) bond motifs is 6. The van der Waals surface area contributed by atoms with Crippen LogP contribution in [0.25, 0.3) is 66.1 Å². The maximum Gasteiger partial charge on any atom is 0.143 e. The van der Waals surface area contributed by atoms with Crippen LogP contribution in [0.1, 0.15) is 35.8 Å². The molecule has 0 fully saturated rings. The zero-order valence-electron chi connectivity index (χ0n) is 29.0. The maximum absolute atomic E-state index is 7.28. The summed E-state index contributed by atoms with van der Waals surface area (Å²) < 4.78 is 12.9. The monoisotopic (exact) mass is 675 g/mol. The van der Waals surface area contributed by atoms with Gasteiger partial charge in [-0.05, 0) is 53.4 Å². The summed E-state index contributed by atoms with van der Waals surface area (Å²) in [6.07, 6.45) is -0.525. The summed E-state index contributed by atoms with van der Waals surface area (Å²) in [5, 5.41) is 4.20. The zero-order valence-corrected chi connectivity index (χ0v) is 29.0. The molecule has 0 saturated heterocycles. The first kappa shape index (κ1) is 31.5. The molecule has 0 radical (unpaired) electrons. The van der Waals surface area contributed by atoms with Crippen LogP contribution in [0.4, 0.5) is 0 Å². The molecule has 0 saturated carbocycles. The standard InChI is InChI=1S/C47H37N3O2/c1-30(31-13-5-3-6-14-31)49-47(34-25-23-33(24-26-34)32-15-7-4-8-16-32)50(2)46(48)39-20-12-22-43-44(39)40-29-35(27-28-42(40)51-43)36-18-11-19-38-37-17-9-10-21-41(37)52-45(36)38/h3-30,46H,48H2,1-2H3/b49-47-. The minimum atomic E-state index is -0.525. The van der Waals surface area contributed by atoms with Crippen molar-refractivity contribution < 1.29 is 8.83 Å². The van der Waals surface area contributed by atoms with E-state index in [1.165, 1.54) is 5.56 Å². The minimum absolute atomic E-state index is 0.0892. The van der Waals surface area contributed by atoms with E-state index in [-0.39, 0.29) is 6.04 Å². The van der Waals surface area contributed by atoms with Crippen molar-refractivity contribution in [3.8, 4) is 22.3 Å². The van der Waals surface area contributed by atoms with Gasteiger partial charge >= 0.3 is 0 Å². The number of rotatable bonds is 7. The first-order valence-corrected chi connectivity index (χ1v) is 17.7. The Morgan fingerprint density at radius 1 is 0.577 bits per heavy atom. The van der Waals surface area contributed by atoms with Crippen LogP contribution in [0, 0.1) is 0 Å². The van der Waals surface area contributed by atoms with Gasteiger partial charge in [-0.2, -0.15) is 0 Å². The molecule has 2 heterocycles. The van der Waals surface area contributed by atoms with Crippen LogP contribution in [0.15, 0.2) is 178 Å². The zero-order chi connectivity index (χ0) is 35.2. The van der Waals surface area contributed by atoms with Crippen LogP contribution in [-0.4, -0.2) is 17.8 Å². The van der Waals surface area contributed by atoms with E-state index in [0.29, 0.717) is 0 Å². The summed E-state index contributed by atoms with van der Waals surface area (Å²) in [4.78, 5) is 7.41. The van der Waals surface area contributed by atoms with Gasteiger partial charge in [-0.15, -0.1) is 0 Å².